The number of rotatable bonds is 2. The van der Waals surface area contributed by atoms with Crippen LogP contribution in [-0.4, -0.2) is 32.1 Å². The van der Waals surface area contributed by atoms with E-state index in [9.17, 15) is 13.5 Å². The highest BCUT2D eigenvalue weighted by atomic mass is 32.2. The van der Waals surface area contributed by atoms with Crippen molar-refractivity contribution in [1.82, 2.24) is 0 Å². The van der Waals surface area contributed by atoms with Gasteiger partial charge in [-0.15, -0.1) is 0 Å². The Kier molecular flexibility index (Phi) is 2.91. The van der Waals surface area contributed by atoms with E-state index in [0.717, 1.165) is 5.56 Å². The fourth-order valence-corrected chi connectivity index (χ4v) is 4.05. The molecular formula is C12H16O4S. The Bertz CT molecular complexity index is 535. The Morgan fingerprint density at radius 3 is 2.65 bits per heavy atom. The zero-order valence-electron chi connectivity index (χ0n) is 9.93. The number of ether oxygens (including phenoxy) is 1. The van der Waals surface area contributed by atoms with Crippen LogP contribution in [0.25, 0.3) is 0 Å². The fourth-order valence-electron chi connectivity index (χ4n) is 2.23. The third-order valence-electron chi connectivity index (χ3n) is 3.14. The van der Waals surface area contributed by atoms with Crippen molar-refractivity contribution in [1.29, 1.82) is 0 Å². The molecule has 1 saturated heterocycles. The Balaban J connectivity index is 2.50. The largest absolute Gasteiger partial charge is 0.496 e. The molecule has 0 bridgehead atoms. The smallest absolute Gasteiger partial charge is 0.153 e. The van der Waals surface area contributed by atoms with Gasteiger partial charge in [0.1, 0.15) is 11.4 Å². The first-order valence-corrected chi connectivity index (χ1v) is 7.26. The average molecular weight is 256 g/mol. The van der Waals surface area contributed by atoms with Gasteiger partial charge in [-0.05, 0) is 25.5 Å². The molecule has 1 atom stereocenters. The summed E-state index contributed by atoms with van der Waals surface area (Å²) in [5, 5.41) is 10.5. The second-order valence-electron chi connectivity index (χ2n) is 4.58. The van der Waals surface area contributed by atoms with Crippen molar-refractivity contribution in [3.05, 3.63) is 29.3 Å². The van der Waals surface area contributed by atoms with Crippen molar-refractivity contribution < 1.29 is 18.3 Å². The molecule has 0 aromatic heterocycles. The van der Waals surface area contributed by atoms with Crippen molar-refractivity contribution >= 4 is 9.84 Å². The summed E-state index contributed by atoms with van der Waals surface area (Å²) in [7, 11) is -1.63. The zero-order valence-corrected chi connectivity index (χ0v) is 10.8. The molecule has 94 valence electrons. The molecule has 2 rings (SSSR count). The molecule has 0 aliphatic carbocycles. The molecule has 5 heteroatoms. The van der Waals surface area contributed by atoms with E-state index in [4.69, 9.17) is 4.74 Å². The van der Waals surface area contributed by atoms with Crippen LogP contribution in [0, 0.1) is 6.92 Å². The number of hydrogen-bond donors (Lipinski definition) is 1. The summed E-state index contributed by atoms with van der Waals surface area (Å²) in [4.78, 5) is 0. The normalized spacial score (nSPS) is 27.0. The summed E-state index contributed by atoms with van der Waals surface area (Å²) in [5.74, 6) is 0.343. The maximum atomic E-state index is 11.5. The molecule has 1 aliphatic heterocycles. The van der Waals surface area contributed by atoms with Crippen LogP contribution in [0.5, 0.6) is 5.75 Å². The minimum atomic E-state index is -3.15. The summed E-state index contributed by atoms with van der Waals surface area (Å²) >= 11 is 0. The van der Waals surface area contributed by atoms with E-state index in [1.165, 1.54) is 7.11 Å². The van der Waals surface area contributed by atoms with E-state index in [0.29, 0.717) is 11.3 Å². The number of benzene rings is 1. The van der Waals surface area contributed by atoms with Crippen LogP contribution in [0.1, 0.15) is 17.5 Å². The number of sulfone groups is 1. The highest BCUT2D eigenvalue weighted by molar-refractivity contribution is 7.91. The number of aryl methyl sites for hydroxylation is 1. The van der Waals surface area contributed by atoms with Gasteiger partial charge in [-0.1, -0.05) is 11.6 Å². The van der Waals surface area contributed by atoms with E-state index in [1.54, 1.807) is 12.1 Å². The summed E-state index contributed by atoms with van der Waals surface area (Å²) < 4.78 is 28.2. The number of hydrogen-bond acceptors (Lipinski definition) is 4. The Morgan fingerprint density at radius 1 is 1.41 bits per heavy atom. The lowest BCUT2D eigenvalue weighted by Crippen LogP contribution is -2.27. The van der Waals surface area contributed by atoms with Gasteiger partial charge in [0, 0.05) is 5.56 Å². The molecule has 1 aromatic carbocycles. The lowest BCUT2D eigenvalue weighted by atomic mass is 9.91. The quantitative estimate of drug-likeness (QED) is 0.857. The molecule has 1 aliphatic rings. The van der Waals surface area contributed by atoms with Crippen molar-refractivity contribution in [3.8, 4) is 5.75 Å². The van der Waals surface area contributed by atoms with Gasteiger partial charge in [0.2, 0.25) is 0 Å². The third-order valence-corrected chi connectivity index (χ3v) is 4.89. The molecule has 0 radical (unpaired) electrons. The molecule has 0 spiro atoms. The second kappa shape index (κ2) is 3.99. The van der Waals surface area contributed by atoms with E-state index < -0.39 is 15.4 Å². The van der Waals surface area contributed by atoms with Crippen LogP contribution in [0.15, 0.2) is 18.2 Å². The first kappa shape index (κ1) is 12.4. The number of methoxy groups -OCH3 is 1. The second-order valence-corrected chi connectivity index (χ2v) is 6.76. The summed E-state index contributed by atoms with van der Waals surface area (Å²) in [6, 6.07) is 5.42. The van der Waals surface area contributed by atoms with Gasteiger partial charge in [0.25, 0.3) is 0 Å². The Morgan fingerprint density at radius 2 is 2.12 bits per heavy atom. The SMILES string of the molecule is COc1ccc(C)cc1C1(O)CCS(=O)(=O)C1. The van der Waals surface area contributed by atoms with E-state index in [-0.39, 0.29) is 17.9 Å². The van der Waals surface area contributed by atoms with E-state index in [1.807, 2.05) is 13.0 Å². The molecule has 1 unspecified atom stereocenters. The highest BCUT2D eigenvalue weighted by Gasteiger charge is 2.43. The lowest BCUT2D eigenvalue weighted by molar-refractivity contribution is 0.0625. The van der Waals surface area contributed by atoms with Crippen molar-refractivity contribution in [3.63, 3.8) is 0 Å². The molecule has 4 nitrogen and oxygen atoms in total. The standard InChI is InChI=1S/C12H16O4S/c1-9-3-4-11(16-2)10(7-9)12(13)5-6-17(14,15)8-12/h3-4,7,13H,5-6,8H2,1-2H3. The fraction of sp³-hybridized carbons (Fsp3) is 0.500. The maximum Gasteiger partial charge on any atom is 0.153 e. The van der Waals surface area contributed by atoms with Crippen LogP contribution in [0.4, 0.5) is 0 Å². The van der Waals surface area contributed by atoms with E-state index >= 15 is 0 Å². The molecule has 17 heavy (non-hydrogen) atoms. The van der Waals surface area contributed by atoms with Crippen molar-refractivity contribution in [2.24, 2.45) is 0 Å². The molecular weight excluding hydrogens is 240 g/mol. The summed E-state index contributed by atoms with van der Waals surface area (Å²) in [6.45, 7) is 1.90. The van der Waals surface area contributed by atoms with Crippen LogP contribution in [0.3, 0.4) is 0 Å². The zero-order chi connectivity index (χ0) is 12.7. The van der Waals surface area contributed by atoms with Gasteiger partial charge in [-0.2, -0.15) is 0 Å². The van der Waals surface area contributed by atoms with Gasteiger partial charge in [0.15, 0.2) is 9.84 Å². The van der Waals surface area contributed by atoms with Crippen LogP contribution in [0.2, 0.25) is 0 Å². The molecule has 1 aromatic rings. The first-order valence-electron chi connectivity index (χ1n) is 5.44. The van der Waals surface area contributed by atoms with Crippen molar-refractivity contribution in [2.45, 2.75) is 18.9 Å². The van der Waals surface area contributed by atoms with Gasteiger partial charge in [-0.25, -0.2) is 8.42 Å². The molecule has 1 fully saturated rings. The first-order chi connectivity index (χ1) is 7.86. The lowest BCUT2D eigenvalue weighted by Gasteiger charge is -2.24. The molecule has 0 amide bonds. The van der Waals surface area contributed by atoms with E-state index in [2.05, 4.69) is 0 Å². The van der Waals surface area contributed by atoms with Crippen LogP contribution < -0.4 is 4.74 Å². The van der Waals surface area contributed by atoms with Crippen LogP contribution in [-0.2, 0) is 15.4 Å². The average Bonchev–Trinajstić information content (AvgIpc) is 2.54. The van der Waals surface area contributed by atoms with Gasteiger partial charge < -0.3 is 9.84 Å². The maximum absolute atomic E-state index is 11.5. The summed E-state index contributed by atoms with van der Waals surface area (Å²) in [5.41, 5.74) is 0.232. The van der Waals surface area contributed by atoms with Gasteiger partial charge >= 0.3 is 0 Å². The minimum absolute atomic E-state index is 0.0284. The topological polar surface area (TPSA) is 63.6 Å². The van der Waals surface area contributed by atoms with Crippen LogP contribution >= 0.6 is 0 Å². The van der Waals surface area contributed by atoms with Crippen molar-refractivity contribution in [2.75, 3.05) is 18.6 Å². The third kappa shape index (κ3) is 2.30. The monoisotopic (exact) mass is 256 g/mol. The Labute approximate surface area is 101 Å². The van der Waals surface area contributed by atoms with Gasteiger partial charge in [-0.3, -0.25) is 0 Å². The summed E-state index contributed by atoms with van der Waals surface area (Å²) in [6.07, 6.45) is 0.231. The molecule has 1 heterocycles. The van der Waals surface area contributed by atoms with Gasteiger partial charge in [0.05, 0.1) is 18.6 Å². The molecule has 0 saturated carbocycles. The predicted octanol–water partition coefficient (Wildman–Crippen LogP) is 1.01. The number of aliphatic hydroxyl groups is 1. The molecule has 1 N–H and O–H groups in total. The predicted molar refractivity (Wildman–Crippen MR) is 64.9 cm³/mol. The highest BCUT2D eigenvalue weighted by Crippen LogP contribution is 2.38. The minimum Gasteiger partial charge on any atom is -0.496 e. The Hall–Kier alpha value is -1.07.